The highest BCUT2D eigenvalue weighted by molar-refractivity contribution is 7.98. The smallest absolute Gasteiger partial charge is 0.409 e. The Balaban J connectivity index is 2.21. The van der Waals surface area contributed by atoms with Gasteiger partial charge in [-0.15, -0.1) is 0 Å². The molecule has 1 rings (SSSR count). The van der Waals surface area contributed by atoms with E-state index in [9.17, 15) is 4.79 Å². The third-order valence-electron chi connectivity index (χ3n) is 3.56. The summed E-state index contributed by atoms with van der Waals surface area (Å²) in [5, 5.41) is 6.77. The number of thioether (sulfide) groups is 1. The maximum Gasteiger partial charge on any atom is 0.409 e. The minimum atomic E-state index is -0.232. The van der Waals surface area contributed by atoms with E-state index in [0.29, 0.717) is 6.04 Å². The highest BCUT2D eigenvalue weighted by Gasteiger charge is 2.23. The van der Waals surface area contributed by atoms with Crippen molar-refractivity contribution in [2.75, 3.05) is 45.8 Å². The second-order valence-corrected chi connectivity index (χ2v) is 6.06. The number of carbonyl (C=O) groups is 1. The number of guanidine groups is 1. The molecule has 2 N–H and O–H groups in total. The number of unbranched alkanes of at least 4 members (excludes halogenated alkanes) is 1. The molecule has 122 valence electrons. The molecule has 0 aromatic carbocycles. The average Bonchev–Trinajstić information content (AvgIpc) is 2.53. The number of ether oxygens (including phenoxy) is 1. The molecule has 0 aromatic heterocycles. The van der Waals surface area contributed by atoms with Gasteiger partial charge in [0.05, 0.1) is 7.11 Å². The van der Waals surface area contributed by atoms with Crippen LogP contribution in [0.15, 0.2) is 4.99 Å². The minimum absolute atomic E-state index is 0.232. The Morgan fingerprint density at radius 2 is 2.10 bits per heavy atom. The van der Waals surface area contributed by atoms with Crippen LogP contribution < -0.4 is 10.6 Å². The number of nitrogens with zero attached hydrogens (tertiary/aromatic N) is 2. The van der Waals surface area contributed by atoms with E-state index in [-0.39, 0.29) is 6.09 Å². The minimum Gasteiger partial charge on any atom is -0.453 e. The van der Waals surface area contributed by atoms with Gasteiger partial charge in [-0.2, -0.15) is 11.8 Å². The van der Waals surface area contributed by atoms with Gasteiger partial charge in [0.25, 0.3) is 0 Å². The second-order valence-electron chi connectivity index (χ2n) is 5.07. The van der Waals surface area contributed by atoms with Gasteiger partial charge in [-0.25, -0.2) is 4.79 Å². The number of methoxy groups -OCH3 is 1. The molecule has 0 radical (unpaired) electrons. The SMILES string of the molecule is CN=C(NCCCCSC)NC1CCN(C(=O)OC)CC1. The normalized spacial score (nSPS) is 16.7. The van der Waals surface area contributed by atoms with Crippen molar-refractivity contribution in [2.45, 2.75) is 31.7 Å². The molecule has 0 aliphatic carbocycles. The number of hydrogen-bond donors (Lipinski definition) is 2. The van der Waals surface area contributed by atoms with Crippen molar-refractivity contribution < 1.29 is 9.53 Å². The quantitative estimate of drug-likeness (QED) is 0.442. The summed E-state index contributed by atoms with van der Waals surface area (Å²) in [4.78, 5) is 17.4. The number of hydrogen-bond acceptors (Lipinski definition) is 4. The first kappa shape index (κ1) is 17.9. The molecule has 0 atom stereocenters. The highest BCUT2D eigenvalue weighted by Crippen LogP contribution is 2.11. The van der Waals surface area contributed by atoms with Crippen LogP contribution in [0.3, 0.4) is 0 Å². The van der Waals surface area contributed by atoms with Crippen LogP contribution in [0.2, 0.25) is 0 Å². The molecule has 0 unspecified atom stereocenters. The van der Waals surface area contributed by atoms with Crippen molar-refractivity contribution in [1.29, 1.82) is 0 Å². The molecule has 0 saturated carbocycles. The van der Waals surface area contributed by atoms with Crippen molar-refractivity contribution in [3.63, 3.8) is 0 Å². The van der Waals surface area contributed by atoms with Gasteiger partial charge in [0.2, 0.25) is 0 Å². The van der Waals surface area contributed by atoms with Gasteiger partial charge in [0.15, 0.2) is 5.96 Å². The summed E-state index contributed by atoms with van der Waals surface area (Å²) in [6, 6.07) is 0.364. The van der Waals surface area contributed by atoms with Gasteiger partial charge in [-0.1, -0.05) is 0 Å². The van der Waals surface area contributed by atoms with E-state index in [4.69, 9.17) is 4.74 Å². The predicted octanol–water partition coefficient (Wildman–Crippen LogP) is 1.53. The summed E-state index contributed by atoms with van der Waals surface area (Å²) in [6.07, 6.45) is 6.12. The molecule has 1 saturated heterocycles. The largest absolute Gasteiger partial charge is 0.453 e. The summed E-state index contributed by atoms with van der Waals surface area (Å²) in [6.45, 7) is 2.41. The van der Waals surface area contributed by atoms with Crippen molar-refractivity contribution >= 4 is 23.8 Å². The lowest BCUT2D eigenvalue weighted by Gasteiger charge is -2.32. The zero-order valence-corrected chi connectivity index (χ0v) is 14.2. The van der Waals surface area contributed by atoms with Crippen LogP contribution in [0.5, 0.6) is 0 Å². The van der Waals surface area contributed by atoms with Crippen molar-refractivity contribution in [3.8, 4) is 0 Å². The lowest BCUT2D eigenvalue weighted by Crippen LogP contribution is -2.49. The first-order valence-corrected chi connectivity index (χ1v) is 8.89. The predicted molar refractivity (Wildman–Crippen MR) is 89.1 cm³/mol. The summed E-state index contributed by atoms with van der Waals surface area (Å²) >= 11 is 1.88. The summed E-state index contributed by atoms with van der Waals surface area (Å²) in [5.74, 6) is 2.07. The van der Waals surface area contributed by atoms with Crippen LogP contribution in [-0.2, 0) is 4.74 Å². The number of amides is 1. The fraction of sp³-hybridized carbons (Fsp3) is 0.857. The highest BCUT2D eigenvalue weighted by atomic mass is 32.2. The first-order chi connectivity index (χ1) is 10.2. The van der Waals surface area contributed by atoms with Crippen LogP contribution in [0.4, 0.5) is 4.79 Å². The van der Waals surface area contributed by atoms with Crippen LogP contribution in [0.1, 0.15) is 25.7 Å². The number of nitrogens with one attached hydrogen (secondary N) is 2. The van der Waals surface area contributed by atoms with E-state index >= 15 is 0 Å². The molecular weight excluding hydrogens is 288 g/mol. The van der Waals surface area contributed by atoms with Crippen LogP contribution >= 0.6 is 11.8 Å². The Morgan fingerprint density at radius 1 is 1.38 bits per heavy atom. The van der Waals surface area contributed by atoms with E-state index < -0.39 is 0 Å². The Labute approximate surface area is 132 Å². The monoisotopic (exact) mass is 316 g/mol. The molecule has 1 heterocycles. The molecule has 1 fully saturated rings. The lowest BCUT2D eigenvalue weighted by molar-refractivity contribution is 0.111. The molecule has 1 aliphatic rings. The van der Waals surface area contributed by atoms with Gasteiger partial charge in [0, 0.05) is 32.7 Å². The molecule has 0 bridgehead atoms. The first-order valence-electron chi connectivity index (χ1n) is 7.50. The van der Waals surface area contributed by atoms with E-state index in [2.05, 4.69) is 21.9 Å². The molecule has 0 aromatic rings. The van der Waals surface area contributed by atoms with Crippen LogP contribution in [-0.4, -0.2) is 68.8 Å². The maximum absolute atomic E-state index is 11.4. The Hall–Kier alpha value is -1.11. The van der Waals surface area contributed by atoms with E-state index in [1.807, 2.05) is 11.8 Å². The van der Waals surface area contributed by atoms with Crippen LogP contribution in [0.25, 0.3) is 0 Å². The Kier molecular flexibility index (Phi) is 9.05. The summed E-state index contributed by atoms with van der Waals surface area (Å²) in [7, 11) is 3.22. The summed E-state index contributed by atoms with van der Waals surface area (Å²) in [5.41, 5.74) is 0. The molecule has 6 nitrogen and oxygen atoms in total. The van der Waals surface area contributed by atoms with Crippen LogP contribution in [0, 0.1) is 0 Å². The van der Waals surface area contributed by atoms with Gasteiger partial charge in [0.1, 0.15) is 0 Å². The number of rotatable bonds is 6. The average molecular weight is 316 g/mol. The standard InChI is InChI=1S/C14H28N4O2S/c1-15-13(16-8-4-5-11-21-3)17-12-6-9-18(10-7-12)14(19)20-2/h12H,4-11H2,1-3H3,(H2,15,16,17). The maximum atomic E-state index is 11.4. The zero-order chi connectivity index (χ0) is 15.5. The number of carbonyl (C=O) groups excluding carboxylic acids is 1. The second kappa shape index (κ2) is 10.6. The molecule has 1 amide bonds. The zero-order valence-electron chi connectivity index (χ0n) is 13.4. The molecule has 0 spiro atoms. The van der Waals surface area contributed by atoms with E-state index in [0.717, 1.165) is 44.9 Å². The topological polar surface area (TPSA) is 66.0 Å². The third-order valence-corrected chi connectivity index (χ3v) is 4.26. The molecule has 21 heavy (non-hydrogen) atoms. The molecular formula is C14H28N4O2S. The Bertz CT molecular complexity index is 331. The van der Waals surface area contributed by atoms with Crippen molar-refractivity contribution in [1.82, 2.24) is 15.5 Å². The van der Waals surface area contributed by atoms with Gasteiger partial charge < -0.3 is 20.3 Å². The lowest BCUT2D eigenvalue weighted by atomic mass is 10.1. The van der Waals surface area contributed by atoms with Gasteiger partial charge >= 0.3 is 6.09 Å². The third kappa shape index (κ3) is 6.93. The van der Waals surface area contributed by atoms with E-state index in [1.165, 1.54) is 19.3 Å². The fourth-order valence-corrected chi connectivity index (χ4v) is 2.79. The molecule has 1 aliphatic heterocycles. The van der Waals surface area contributed by atoms with Gasteiger partial charge in [-0.05, 0) is 37.7 Å². The Morgan fingerprint density at radius 3 is 2.67 bits per heavy atom. The number of piperidine rings is 1. The summed E-state index contributed by atoms with van der Waals surface area (Å²) < 4.78 is 4.74. The van der Waals surface area contributed by atoms with E-state index in [1.54, 1.807) is 11.9 Å². The van der Waals surface area contributed by atoms with Gasteiger partial charge in [-0.3, -0.25) is 4.99 Å². The number of likely N-dealkylation sites (tertiary alicyclic amines) is 1. The molecule has 7 heteroatoms. The van der Waals surface area contributed by atoms with Crippen molar-refractivity contribution in [3.05, 3.63) is 0 Å². The number of aliphatic imine (C=N–C) groups is 1. The fourth-order valence-electron chi connectivity index (χ4n) is 2.30. The van der Waals surface area contributed by atoms with Crippen molar-refractivity contribution in [2.24, 2.45) is 4.99 Å².